The van der Waals surface area contributed by atoms with Gasteiger partial charge in [0.1, 0.15) is 0 Å². The van der Waals surface area contributed by atoms with Gasteiger partial charge in [0, 0.05) is 18.7 Å². The summed E-state index contributed by atoms with van der Waals surface area (Å²) in [5.74, 6) is -0.0450. The molecule has 0 radical (unpaired) electrons. The van der Waals surface area contributed by atoms with E-state index in [0.717, 1.165) is 32.2 Å². The summed E-state index contributed by atoms with van der Waals surface area (Å²) in [7, 11) is 0. The van der Waals surface area contributed by atoms with E-state index in [1.54, 1.807) is 24.3 Å². The van der Waals surface area contributed by atoms with E-state index in [9.17, 15) is 9.59 Å². The lowest BCUT2D eigenvalue weighted by Crippen LogP contribution is -2.33. The second kappa shape index (κ2) is 6.84. The minimum absolute atomic E-state index is 0.0450. The first kappa shape index (κ1) is 13.4. The number of rotatable bonds is 6. The average Bonchev–Trinajstić information content (AvgIpc) is 2.37. The van der Waals surface area contributed by atoms with Crippen LogP contribution in [-0.2, 0) is 0 Å². The zero-order valence-corrected chi connectivity index (χ0v) is 10.5. The number of aldehydes is 1. The molecule has 17 heavy (non-hydrogen) atoms. The molecular weight excluding hydrogens is 214 g/mol. The summed E-state index contributed by atoms with van der Waals surface area (Å²) in [5, 5.41) is 0. The third kappa shape index (κ3) is 3.41. The average molecular weight is 233 g/mol. The van der Waals surface area contributed by atoms with Crippen LogP contribution in [0.4, 0.5) is 0 Å². The van der Waals surface area contributed by atoms with Crippen molar-refractivity contribution in [1.29, 1.82) is 0 Å². The first-order chi connectivity index (χ1) is 8.24. The Labute approximate surface area is 102 Å². The summed E-state index contributed by atoms with van der Waals surface area (Å²) in [6, 6.07) is 6.95. The number of amides is 1. The van der Waals surface area contributed by atoms with Gasteiger partial charge in [-0.3, -0.25) is 9.59 Å². The Bertz CT molecular complexity index is 382. The fraction of sp³-hybridized carbons (Fsp3) is 0.429. The van der Waals surface area contributed by atoms with Crippen molar-refractivity contribution in [2.75, 3.05) is 13.1 Å². The van der Waals surface area contributed by atoms with E-state index in [4.69, 9.17) is 0 Å². The lowest BCUT2D eigenvalue weighted by molar-refractivity contribution is 0.0752. The summed E-state index contributed by atoms with van der Waals surface area (Å²) >= 11 is 0. The Morgan fingerprint density at radius 3 is 2.29 bits per heavy atom. The smallest absolute Gasteiger partial charge is 0.254 e. The lowest BCUT2D eigenvalue weighted by Gasteiger charge is -2.22. The standard InChI is InChI=1S/C14H19NO2/c1-3-9-15(10-4-2)14(17)13-8-6-5-7-12(13)11-16/h5-8,11H,3-4,9-10H2,1-2H3. The molecule has 1 rings (SSSR count). The fourth-order valence-corrected chi connectivity index (χ4v) is 1.82. The van der Waals surface area contributed by atoms with Gasteiger partial charge in [0.2, 0.25) is 0 Å². The molecule has 92 valence electrons. The zero-order valence-electron chi connectivity index (χ0n) is 10.5. The van der Waals surface area contributed by atoms with Crippen LogP contribution in [0.25, 0.3) is 0 Å². The number of nitrogens with zero attached hydrogens (tertiary/aromatic N) is 1. The van der Waals surface area contributed by atoms with Crippen LogP contribution in [0.3, 0.4) is 0 Å². The molecule has 0 saturated heterocycles. The lowest BCUT2D eigenvalue weighted by atomic mass is 10.1. The van der Waals surface area contributed by atoms with Crippen LogP contribution in [0.2, 0.25) is 0 Å². The van der Waals surface area contributed by atoms with Gasteiger partial charge in [-0.05, 0) is 18.9 Å². The zero-order chi connectivity index (χ0) is 12.7. The number of hydrogen-bond donors (Lipinski definition) is 0. The molecule has 0 N–H and O–H groups in total. The van der Waals surface area contributed by atoms with E-state index >= 15 is 0 Å². The van der Waals surface area contributed by atoms with Crippen LogP contribution >= 0.6 is 0 Å². The number of hydrogen-bond acceptors (Lipinski definition) is 2. The van der Waals surface area contributed by atoms with Crippen LogP contribution in [0.15, 0.2) is 24.3 Å². The summed E-state index contributed by atoms with van der Waals surface area (Å²) < 4.78 is 0. The quantitative estimate of drug-likeness (QED) is 0.708. The topological polar surface area (TPSA) is 37.4 Å². The normalized spacial score (nSPS) is 10.0. The Kier molecular flexibility index (Phi) is 5.40. The SMILES string of the molecule is CCCN(CCC)C(=O)c1ccccc1C=O. The van der Waals surface area contributed by atoms with Crippen molar-refractivity contribution in [3.8, 4) is 0 Å². The predicted octanol–water partition coefficient (Wildman–Crippen LogP) is 2.76. The Balaban J connectivity index is 2.95. The van der Waals surface area contributed by atoms with E-state index < -0.39 is 0 Å². The molecule has 0 aromatic heterocycles. The van der Waals surface area contributed by atoms with Gasteiger partial charge in [-0.1, -0.05) is 32.0 Å². The van der Waals surface area contributed by atoms with Crippen molar-refractivity contribution >= 4 is 12.2 Å². The molecule has 0 aliphatic rings. The third-order valence-corrected chi connectivity index (χ3v) is 2.59. The highest BCUT2D eigenvalue weighted by atomic mass is 16.2. The fourth-order valence-electron chi connectivity index (χ4n) is 1.82. The van der Waals surface area contributed by atoms with Crippen LogP contribution in [0.1, 0.15) is 47.4 Å². The van der Waals surface area contributed by atoms with Crippen LogP contribution < -0.4 is 0 Å². The van der Waals surface area contributed by atoms with Gasteiger partial charge in [-0.25, -0.2) is 0 Å². The second-order valence-electron chi connectivity index (χ2n) is 4.00. The summed E-state index contributed by atoms with van der Waals surface area (Å²) in [6.07, 6.45) is 2.59. The van der Waals surface area contributed by atoms with Crippen LogP contribution in [-0.4, -0.2) is 30.2 Å². The maximum Gasteiger partial charge on any atom is 0.254 e. The predicted molar refractivity (Wildman–Crippen MR) is 68.3 cm³/mol. The maximum atomic E-state index is 12.3. The van der Waals surface area contributed by atoms with Crippen LogP contribution in [0, 0.1) is 0 Å². The first-order valence-corrected chi connectivity index (χ1v) is 6.08. The van der Waals surface area contributed by atoms with E-state index in [1.165, 1.54) is 0 Å². The summed E-state index contributed by atoms with van der Waals surface area (Å²) in [5.41, 5.74) is 0.971. The van der Waals surface area contributed by atoms with Gasteiger partial charge in [0.25, 0.3) is 5.91 Å². The Morgan fingerprint density at radius 1 is 1.18 bits per heavy atom. The molecule has 0 spiro atoms. The number of carbonyl (C=O) groups excluding carboxylic acids is 2. The Morgan fingerprint density at radius 2 is 1.76 bits per heavy atom. The molecule has 1 amide bonds. The third-order valence-electron chi connectivity index (χ3n) is 2.59. The van der Waals surface area contributed by atoms with Gasteiger partial charge in [-0.2, -0.15) is 0 Å². The van der Waals surface area contributed by atoms with E-state index in [2.05, 4.69) is 0 Å². The molecule has 0 heterocycles. The largest absolute Gasteiger partial charge is 0.339 e. The molecule has 0 aliphatic carbocycles. The van der Waals surface area contributed by atoms with E-state index in [-0.39, 0.29) is 5.91 Å². The van der Waals surface area contributed by atoms with Gasteiger partial charge in [0.05, 0.1) is 5.56 Å². The molecule has 1 aromatic rings. The van der Waals surface area contributed by atoms with Gasteiger partial charge < -0.3 is 4.90 Å². The Hall–Kier alpha value is -1.64. The molecule has 1 aromatic carbocycles. The molecule has 0 bridgehead atoms. The highest BCUT2D eigenvalue weighted by Gasteiger charge is 2.16. The second-order valence-corrected chi connectivity index (χ2v) is 4.00. The summed E-state index contributed by atoms with van der Waals surface area (Å²) in [4.78, 5) is 25.0. The number of benzene rings is 1. The van der Waals surface area contributed by atoms with E-state index in [0.29, 0.717) is 11.1 Å². The van der Waals surface area contributed by atoms with Crippen molar-refractivity contribution in [3.63, 3.8) is 0 Å². The minimum atomic E-state index is -0.0450. The van der Waals surface area contributed by atoms with Crippen molar-refractivity contribution in [1.82, 2.24) is 4.90 Å². The molecule has 0 unspecified atom stereocenters. The maximum absolute atomic E-state index is 12.3. The van der Waals surface area contributed by atoms with Crippen molar-refractivity contribution in [2.24, 2.45) is 0 Å². The molecule has 0 aliphatic heterocycles. The number of carbonyl (C=O) groups is 2. The molecular formula is C14H19NO2. The monoisotopic (exact) mass is 233 g/mol. The van der Waals surface area contributed by atoms with Gasteiger partial charge >= 0.3 is 0 Å². The molecule has 0 fully saturated rings. The summed E-state index contributed by atoms with van der Waals surface area (Å²) in [6.45, 7) is 5.56. The molecule has 3 heteroatoms. The van der Waals surface area contributed by atoms with Crippen LogP contribution in [0.5, 0.6) is 0 Å². The van der Waals surface area contributed by atoms with E-state index in [1.807, 2.05) is 18.7 Å². The minimum Gasteiger partial charge on any atom is -0.339 e. The molecule has 0 saturated carbocycles. The van der Waals surface area contributed by atoms with Crippen molar-refractivity contribution in [3.05, 3.63) is 35.4 Å². The molecule has 3 nitrogen and oxygen atoms in total. The van der Waals surface area contributed by atoms with Crippen molar-refractivity contribution < 1.29 is 9.59 Å². The van der Waals surface area contributed by atoms with Crippen molar-refractivity contribution in [2.45, 2.75) is 26.7 Å². The molecule has 0 atom stereocenters. The van der Waals surface area contributed by atoms with Gasteiger partial charge in [-0.15, -0.1) is 0 Å². The van der Waals surface area contributed by atoms with Gasteiger partial charge in [0.15, 0.2) is 6.29 Å². The highest BCUT2D eigenvalue weighted by Crippen LogP contribution is 2.11. The first-order valence-electron chi connectivity index (χ1n) is 6.08. The highest BCUT2D eigenvalue weighted by molar-refractivity contribution is 6.01.